The molecule has 1 N–H and O–H groups in total. The van der Waals surface area contributed by atoms with Gasteiger partial charge in [0.2, 0.25) is 0 Å². The monoisotopic (exact) mass is 220 g/mol. The molecule has 0 bridgehead atoms. The summed E-state index contributed by atoms with van der Waals surface area (Å²) >= 11 is 0. The first-order valence-corrected chi connectivity index (χ1v) is 4.28. The largest absolute Gasteiger partial charge is 0.461 e. The minimum Gasteiger partial charge on any atom is -0.461 e. The Bertz CT molecular complexity index is 327. The van der Waals surface area contributed by atoms with Crippen molar-refractivity contribution in [1.82, 2.24) is 4.98 Å². The van der Waals surface area contributed by atoms with Crippen molar-refractivity contribution in [1.29, 1.82) is 0 Å². The fourth-order valence-electron chi connectivity index (χ4n) is 0.818. The Labute approximate surface area is 84.4 Å². The predicted molar refractivity (Wildman–Crippen MR) is 47.0 cm³/mol. The summed E-state index contributed by atoms with van der Waals surface area (Å²) in [6.45, 7) is 1.28. The third kappa shape index (κ3) is 3.53. The number of nitrogens with one attached hydrogen (secondary N) is 1. The smallest absolute Gasteiger partial charge is 0.360 e. The lowest BCUT2D eigenvalue weighted by Crippen LogP contribution is -2.11. The minimum atomic E-state index is -2.51. The van der Waals surface area contributed by atoms with Crippen molar-refractivity contribution >= 4 is 12.0 Å². The number of oxazole rings is 1. The number of esters is 1. The normalized spacial score (nSPS) is 10.4. The zero-order valence-electron chi connectivity index (χ0n) is 8.00. The lowest BCUT2D eigenvalue weighted by molar-refractivity contribution is 0.0519. The molecule has 15 heavy (non-hydrogen) atoms. The highest BCUT2D eigenvalue weighted by molar-refractivity contribution is 5.87. The molecule has 0 spiro atoms. The average molecular weight is 220 g/mol. The van der Waals surface area contributed by atoms with Gasteiger partial charge >= 0.3 is 5.97 Å². The quantitative estimate of drug-likeness (QED) is 0.762. The van der Waals surface area contributed by atoms with E-state index in [0.717, 1.165) is 6.26 Å². The van der Waals surface area contributed by atoms with Gasteiger partial charge in [0, 0.05) is 0 Å². The summed E-state index contributed by atoms with van der Waals surface area (Å²) in [7, 11) is 0. The molecule has 84 valence electrons. The SMILES string of the molecule is CCOC(=O)c1coc(NCC(F)F)n1. The van der Waals surface area contributed by atoms with Gasteiger partial charge in [-0.1, -0.05) is 0 Å². The Hall–Kier alpha value is -1.66. The standard InChI is InChI=1S/C8H10F2N2O3/c1-2-14-7(13)5-4-15-8(12-5)11-3-6(9)10/h4,6H,2-3H2,1H3,(H,11,12). The molecule has 1 aromatic heterocycles. The number of aromatic nitrogens is 1. The maximum absolute atomic E-state index is 11.8. The third-order valence-corrected chi connectivity index (χ3v) is 1.40. The lowest BCUT2D eigenvalue weighted by atomic mass is 10.5. The molecule has 0 unspecified atom stereocenters. The summed E-state index contributed by atoms with van der Waals surface area (Å²) in [5.41, 5.74) is -0.0476. The molecule has 0 atom stereocenters. The van der Waals surface area contributed by atoms with Crippen molar-refractivity contribution in [2.75, 3.05) is 18.5 Å². The van der Waals surface area contributed by atoms with Crippen molar-refractivity contribution in [3.63, 3.8) is 0 Å². The molecule has 7 heteroatoms. The minimum absolute atomic E-state index is 0.0476. The van der Waals surface area contributed by atoms with E-state index in [4.69, 9.17) is 4.42 Å². The van der Waals surface area contributed by atoms with Gasteiger partial charge in [-0.3, -0.25) is 0 Å². The second-order valence-corrected chi connectivity index (χ2v) is 2.53. The Morgan fingerprint density at radius 1 is 1.73 bits per heavy atom. The lowest BCUT2D eigenvalue weighted by Gasteiger charge is -1.98. The first-order valence-electron chi connectivity index (χ1n) is 4.28. The molecule has 0 aliphatic rings. The van der Waals surface area contributed by atoms with Crippen LogP contribution in [0.25, 0.3) is 0 Å². The van der Waals surface area contributed by atoms with Gasteiger partial charge in [0.25, 0.3) is 12.4 Å². The number of nitrogens with zero attached hydrogens (tertiary/aromatic N) is 1. The van der Waals surface area contributed by atoms with Crippen LogP contribution in [0.3, 0.4) is 0 Å². The Kier molecular flexibility index (Phi) is 4.02. The van der Waals surface area contributed by atoms with Gasteiger partial charge in [0.15, 0.2) is 5.69 Å². The summed E-state index contributed by atoms with van der Waals surface area (Å²) in [4.78, 5) is 14.7. The summed E-state index contributed by atoms with van der Waals surface area (Å²) in [6.07, 6.45) is -1.46. The van der Waals surface area contributed by atoms with E-state index in [-0.39, 0.29) is 18.3 Å². The molecular weight excluding hydrogens is 210 g/mol. The van der Waals surface area contributed by atoms with Crippen molar-refractivity contribution < 1.29 is 22.7 Å². The maximum atomic E-state index is 11.8. The number of ether oxygens (including phenoxy) is 1. The first kappa shape index (κ1) is 11.4. The number of anilines is 1. The molecule has 0 saturated heterocycles. The molecule has 1 aromatic rings. The number of carbonyl (C=O) groups is 1. The van der Waals surface area contributed by atoms with E-state index in [1.807, 2.05) is 0 Å². The van der Waals surface area contributed by atoms with Crippen molar-refractivity contribution in [2.24, 2.45) is 0 Å². The van der Waals surface area contributed by atoms with Crippen LogP contribution in [0.2, 0.25) is 0 Å². The molecule has 0 saturated carbocycles. The second-order valence-electron chi connectivity index (χ2n) is 2.53. The molecule has 1 heterocycles. The molecule has 0 radical (unpaired) electrons. The predicted octanol–water partition coefficient (Wildman–Crippen LogP) is 1.53. The number of rotatable bonds is 5. The van der Waals surface area contributed by atoms with Crippen LogP contribution < -0.4 is 5.32 Å². The van der Waals surface area contributed by atoms with E-state index in [0.29, 0.717) is 0 Å². The highest BCUT2D eigenvalue weighted by atomic mass is 19.3. The van der Waals surface area contributed by atoms with Gasteiger partial charge in [0.05, 0.1) is 13.2 Å². The highest BCUT2D eigenvalue weighted by Gasteiger charge is 2.13. The van der Waals surface area contributed by atoms with Crippen LogP contribution in [0.5, 0.6) is 0 Å². The number of carbonyl (C=O) groups excluding carboxylic acids is 1. The van der Waals surface area contributed by atoms with Crippen molar-refractivity contribution in [3.05, 3.63) is 12.0 Å². The van der Waals surface area contributed by atoms with Crippen LogP contribution >= 0.6 is 0 Å². The molecule has 0 aliphatic heterocycles. The van der Waals surface area contributed by atoms with E-state index in [2.05, 4.69) is 15.0 Å². The fraction of sp³-hybridized carbons (Fsp3) is 0.500. The van der Waals surface area contributed by atoms with Gasteiger partial charge in [-0.05, 0) is 6.92 Å². The fourth-order valence-corrected chi connectivity index (χ4v) is 0.818. The van der Waals surface area contributed by atoms with Crippen molar-refractivity contribution in [3.8, 4) is 0 Å². The number of hydrogen-bond acceptors (Lipinski definition) is 5. The molecule has 0 aromatic carbocycles. The Balaban J connectivity index is 2.52. The number of hydrogen-bond donors (Lipinski definition) is 1. The molecule has 5 nitrogen and oxygen atoms in total. The highest BCUT2D eigenvalue weighted by Crippen LogP contribution is 2.09. The van der Waals surface area contributed by atoms with Crippen LogP contribution in [-0.4, -0.2) is 30.5 Å². The van der Waals surface area contributed by atoms with Gasteiger partial charge in [-0.15, -0.1) is 0 Å². The average Bonchev–Trinajstić information content (AvgIpc) is 2.63. The Morgan fingerprint density at radius 3 is 3.07 bits per heavy atom. The summed E-state index contributed by atoms with van der Waals surface area (Å²) in [5, 5.41) is 2.23. The van der Waals surface area contributed by atoms with E-state index < -0.39 is 18.9 Å². The van der Waals surface area contributed by atoms with E-state index in [1.165, 1.54) is 0 Å². The zero-order valence-corrected chi connectivity index (χ0v) is 8.00. The molecule has 0 fully saturated rings. The molecule has 0 aliphatic carbocycles. The molecule has 0 amide bonds. The molecule has 1 rings (SSSR count). The summed E-state index contributed by atoms with van der Waals surface area (Å²) in [5.74, 6) is -0.647. The summed E-state index contributed by atoms with van der Waals surface area (Å²) < 4.78 is 32.9. The summed E-state index contributed by atoms with van der Waals surface area (Å²) in [6, 6.07) is -0.127. The Morgan fingerprint density at radius 2 is 2.47 bits per heavy atom. The van der Waals surface area contributed by atoms with Crippen LogP contribution in [0.15, 0.2) is 10.7 Å². The molecular formula is C8H10F2N2O3. The van der Waals surface area contributed by atoms with Gasteiger partial charge < -0.3 is 14.5 Å². The van der Waals surface area contributed by atoms with Gasteiger partial charge in [-0.25, -0.2) is 13.6 Å². The first-order chi connectivity index (χ1) is 7.13. The number of halogens is 2. The maximum Gasteiger partial charge on any atom is 0.360 e. The zero-order chi connectivity index (χ0) is 11.3. The van der Waals surface area contributed by atoms with E-state index in [9.17, 15) is 13.6 Å². The van der Waals surface area contributed by atoms with Gasteiger partial charge in [-0.2, -0.15) is 4.98 Å². The van der Waals surface area contributed by atoms with E-state index in [1.54, 1.807) is 6.92 Å². The van der Waals surface area contributed by atoms with E-state index >= 15 is 0 Å². The number of alkyl halides is 2. The van der Waals surface area contributed by atoms with Gasteiger partial charge in [0.1, 0.15) is 6.26 Å². The second kappa shape index (κ2) is 5.28. The third-order valence-electron chi connectivity index (χ3n) is 1.40. The van der Waals surface area contributed by atoms with Crippen LogP contribution in [-0.2, 0) is 4.74 Å². The van der Waals surface area contributed by atoms with Crippen LogP contribution in [0, 0.1) is 0 Å². The van der Waals surface area contributed by atoms with Crippen molar-refractivity contribution in [2.45, 2.75) is 13.3 Å². The van der Waals surface area contributed by atoms with Crippen LogP contribution in [0.4, 0.5) is 14.8 Å². The van der Waals surface area contributed by atoms with Crippen LogP contribution in [0.1, 0.15) is 17.4 Å². The topological polar surface area (TPSA) is 64.4 Å².